The van der Waals surface area contributed by atoms with E-state index in [1.807, 2.05) is 0 Å². The normalized spacial score (nSPS) is 15.3. The predicted octanol–water partition coefficient (Wildman–Crippen LogP) is 1.86. The van der Waals surface area contributed by atoms with Crippen molar-refractivity contribution in [3.8, 4) is 0 Å². The van der Waals surface area contributed by atoms with Gasteiger partial charge in [0.15, 0.2) is 0 Å². The van der Waals surface area contributed by atoms with Gasteiger partial charge in [-0.05, 0) is 24.5 Å². The number of carbonyl (C=O) groups excluding carboxylic acids is 1. The van der Waals surface area contributed by atoms with Gasteiger partial charge in [-0.2, -0.15) is 0 Å². The largest absolute Gasteiger partial charge is 0.468 e. The Morgan fingerprint density at radius 2 is 2.14 bits per heavy atom. The average Bonchev–Trinajstić information content (AvgIpc) is 3.28. The molecule has 1 aromatic carbocycles. The van der Waals surface area contributed by atoms with Crippen LogP contribution in [0.3, 0.4) is 0 Å². The highest BCUT2D eigenvalue weighted by molar-refractivity contribution is 5.87. The van der Waals surface area contributed by atoms with Crippen LogP contribution in [-0.4, -0.2) is 38.3 Å². The zero-order chi connectivity index (χ0) is 15.5. The molecule has 0 aliphatic heterocycles. The summed E-state index contributed by atoms with van der Waals surface area (Å²) in [5, 5.41) is 14.0. The van der Waals surface area contributed by atoms with Crippen LogP contribution in [0.4, 0.5) is 11.4 Å². The van der Waals surface area contributed by atoms with Crippen molar-refractivity contribution in [1.29, 1.82) is 0 Å². The summed E-state index contributed by atoms with van der Waals surface area (Å²) in [5.74, 6) is -0.292. The molecule has 0 bridgehead atoms. The molecule has 114 valence electrons. The maximum absolute atomic E-state index is 11.9. The third-order valence-electron chi connectivity index (χ3n) is 3.69. The molecule has 0 atom stereocenters. The second-order valence-corrected chi connectivity index (χ2v) is 4.98. The Morgan fingerprint density at radius 1 is 1.43 bits per heavy atom. The van der Waals surface area contributed by atoms with Crippen molar-refractivity contribution in [2.75, 3.05) is 32.7 Å². The topological polar surface area (TPSA) is 90.7 Å². The quantitative estimate of drug-likeness (QED) is 0.357. The van der Waals surface area contributed by atoms with Gasteiger partial charge >= 0.3 is 5.97 Å². The van der Waals surface area contributed by atoms with Crippen molar-refractivity contribution in [3.05, 3.63) is 33.9 Å². The molecule has 1 aliphatic carbocycles. The summed E-state index contributed by atoms with van der Waals surface area (Å²) in [6, 6.07) is 4.72. The molecule has 1 fully saturated rings. The number of carbonyl (C=O) groups is 1. The Bertz CT molecular complexity index is 554. The van der Waals surface area contributed by atoms with Gasteiger partial charge in [0.05, 0.1) is 24.1 Å². The van der Waals surface area contributed by atoms with Crippen LogP contribution in [0, 0.1) is 10.1 Å². The van der Waals surface area contributed by atoms with E-state index in [0.29, 0.717) is 31.7 Å². The van der Waals surface area contributed by atoms with Crippen LogP contribution in [0.5, 0.6) is 0 Å². The van der Waals surface area contributed by atoms with Crippen LogP contribution >= 0.6 is 0 Å². The molecule has 0 radical (unpaired) electrons. The SMILES string of the molecule is COCCNc1cc(C2(C(=O)OC)CC2)ccc1[N+](=O)[O-]. The van der Waals surface area contributed by atoms with Gasteiger partial charge in [-0.1, -0.05) is 6.07 Å². The first-order chi connectivity index (χ1) is 10.0. The van der Waals surface area contributed by atoms with Gasteiger partial charge in [0.25, 0.3) is 5.69 Å². The molecular formula is C14H18N2O5. The molecule has 2 rings (SSSR count). The molecule has 0 heterocycles. The van der Waals surface area contributed by atoms with Gasteiger partial charge in [-0.15, -0.1) is 0 Å². The van der Waals surface area contributed by atoms with Gasteiger partial charge in [0.2, 0.25) is 0 Å². The van der Waals surface area contributed by atoms with Crippen LogP contribution in [-0.2, 0) is 19.7 Å². The maximum atomic E-state index is 11.9. The molecule has 0 aromatic heterocycles. The highest BCUT2D eigenvalue weighted by Gasteiger charge is 2.52. The number of hydrogen-bond acceptors (Lipinski definition) is 6. The van der Waals surface area contributed by atoms with E-state index in [2.05, 4.69) is 5.32 Å². The number of nitro benzene ring substituents is 1. The molecule has 21 heavy (non-hydrogen) atoms. The molecule has 0 amide bonds. The molecule has 0 spiro atoms. The number of methoxy groups -OCH3 is 2. The lowest BCUT2D eigenvalue weighted by Gasteiger charge is -2.15. The molecule has 7 heteroatoms. The minimum absolute atomic E-state index is 0.0180. The molecule has 1 saturated carbocycles. The lowest BCUT2D eigenvalue weighted by molar-refractivity contribution is -0.384. The van der Waals surface area contributed by atoms with E-state index >= 15 is 0 Å². The van der Waals surface area contributed by atoms with Gasteiger partial charge in [-0.3, -0.25) is 14.9 Å². The van der Waals surface area contributed by atoms with E-state index < -0.39 is 10.3 Å². The van der Waals surface area contributed by atoms with Crippen molar-refractivity contribution in [3.63, 3.8) is 0 Å². The van der Waals surface area contributed by atoms with Gasteiger partial charge < -0.3 is 14.8 Å². The Labute approximate surface area is 122 Å². The fourth-order valence-electron chi connectivity index (χ4n) is 2.35. The fraction of sp³-hybridized carbons (Fsp3) is 0.500. The van der Waals surface area contributed by atoms with Gasteiger partial charge in [0.1, 0.15) is 5.69 Å². The summed E-state index contributed by atoms with van der Waals surface area (Å²) in [6.07, 6.45) is 1.41. The van der Waals surface area contributed by atoms with Crippen LogP contribution in [0.15, 0.2) is 18.2 Å². The van der Waals surface area contributed by atoms with Crippen LogP contribution in [0.25, 0.3) is 0 Å². The predicted molar refractivity (Wildman–Crippen MR) is 76.4 cm³/mol. The number of hydrogen-bond donors (Lipinski definition) is 1. The van der Waals surface area contributed by atoms with Crippen molar-refractivity contribution in [1.82, 2.24) is 0 Å². The number of benzene rings is 1. The lowest BCUT2D eigenvalue weighted by atomic mass is 9.95. The summed E-state index contributed by atoms with van der Waals surface area (Å²) in [6.45, 7) is 0.884. The third-order valence-corrected chi connectivity index (χ3v) is 3.69. The second kappa shape index (κ2) is 6.09. The smallest absolute Gasteiger partial charge is 0.316 e. The second-order valence-electron chi connectivity index (χ2n) is 4.98. The fourth-order valence-corrected chi connectivity index (χ4v) is 2.35. The van der Waals surface area contributed by atoms with Crippen molar-refractivity contribution in [2.45, 2.75) is 18.3 Å². The third kappa shape index (κ3) is 2.97. The zero-order valence-electron chi connectivity index (χ0n) is 12.0. The highest BCUT2D eigenvalue weighted by atomic mass is 16.6. The van der Waals surface area contributed by atoms with E-state index in [9.17, 15) is 14.9 Å². The molecule has 1 N–H and O–H groups in total. The number of nitro groups is 1. The van der Waals surface area contributed by atoms with E-state index in [1.165, 1.54) is 13.2 Å². The van der Waals surface area contributed by atoms with Crippen LogP contribution < -0.4 is 5.32 Å². The Hall–Kier alpha value is -2.15. The van der Waals surface area contributed by atoms with E-state index in [1.54, 1.807) is 19.2 Å². The molecular weight excluding hydrogens is 276 g/mol. The number of esters is 1. The van der Waals surface area contributed by atoms with Crippen molar-refractivity contribution >= 4 is 17.3 Å². The number of ether oxygens (including phenoxy) is 2. The van der Waals surface area contributed by atoms with Crippen LogP contribution in [0.2, 0.25) is 0 Å². The first-order valence-corrected chi connectivity index (χ1v) is 6.65. The number of nitrogens with one attached hydrogen (secondary N) is 1. The monoisotopic (exact) mass is 294 g/mol. The number of rotatable bonds is 7. The molecule has 0 saturated heterocycles. The Morgan fingerprint density at radius 3 is 2.67 bits per heavy atom. The first-order valence-electron chi connectivity index (χ1n) is 6.65. The molecule has 1 aromatic rings. The average molecular weight is 294 g/mol. The number of nitrogens with zero attached hydrogens (tertiary/aromatic N) is 1. The minimum Gasteiger partial charge on any atom is -0.468 e. The zero-order valence-corrected chi connectivity index (χ0v) is 12.0. The first kappa shape index (κ1) is 15.2. The van der Waals surface area contributed by atoms with Gasteiger partial charge in [-0.25, -0.2) is 0 Å². The lowest BCUT2D eigenvalue weighted by Crippen LogP contribution is -2.22. The maximum Gasteiger partial charge on any atom is 0.316 e. The van der Waals surface area contributed by atoms with E-state index in [4.69, 9.17) is 9.47 Å². The molecule has 0 unspecified atom stereocenters. The van der Waals surface area contributed by atoms with Crippen LogP contribution in [0.1, 0.15) is 18.4 Å². The van der Waals surface area contributed by atoms with Crippen molar-refractivity contribution in [2.24, 2.45) is 0 Å². The van der Waals surface area contributed by atoms with Gasteiger partial charge in [0, 0.05) is 19.7 Å². The summed E-state index contributed by atoms with van der Waals surface area (Å²) >= 11 is 0. The van der Waals surface area contributed by atoms with E-state index in [-0.39, 0.29) is 11.7 Å². The summed E-state index contributed by atoms with van der Waals surface area (Å²) in [5.41, 5.74) is 0.488. The van der Waals surface area contributed by atoms with E-state index in [0.717, 1.165) is 5.56 Å². The Kier molecular flexibility index (Phi) is 4.42. The molecule has 1 aliphatic rings. The van der Waals surface area contributed by atoms with Crippen molar-refractivity contribution < 1.29 is 19.2 Å². The minimum atomic E-state index is -0.637. The molecule has 7 nitrogen and oxygen atoms in total. The Balaban J connectivity index is 2.31. The number of anilines is 1. The summed E-state index contributed by atoms with van der Waals surface area (Å²) in [4.78, 5) is 22.5. The summed E-state index contributed by atoms with van der Waals surface area (Å²) in [7, 11) is 2.91. The summed E-state index contributed by atoms with van der Waals surface area (Å²) < 4.78 is 9.76. The highest BCUT2D eigenvalue weighted by Crippen LogP contribution is 2.50. The standard InChI is InChI=1S/C14H18N2O5/c1-20-8-7-15-11-9-10(3-4-12(11)16(18)19)14(5-6-14)13(17)21-2/h3-4,9,15H,5-8H2,1-2H3.